The third-order valence-corrected chi connectivity index (χ3v) is 1.97. The summed E-state index contributed by atoms with van der Waals surface area (Å²) in [6.45, 7) is 1.34. The molecule has 3 heteroatoms. The van der Waals surface area contributed by atoms with Crippen LogP contribution in [-0.2, 0) is 4.74 Å². The molecule has 60 valence electrons. The van der Waals surface area contributed by atoms with Crippen LogP contribution < -0.4 is 5.73 Å². The topological polar surface area (TPSA) is 35.2 Å². The molecule has 0 aromatic heterocycles. The second kappa shape index (κ2) is 3.30. The summed E-state index contributed by atoms with van der Waals surface area (Å²) in [4.78, 5) is 0. The molecule has 1 aliphatic rings. The van der Waals surface area contributed by atoms with Crippen molar-refractivity contribution in [3.63, 3.8) is 0 Å². The molecular weight excluding hydrogens is 133 g/mol. The van der Waals surface area contributed by atoms with E-state index in [1.807, 2.05) is 0 Å². The van der Waals surface area contributed by atoms with E-state index in [4.69, 9.17) is 10.5 Å². The van der Waals surface area contributed by atoms with Crippen LogP contribution in [0.4, 0.5) is 4.39 Å². The molecule has 0 aromatic rings. The van der Waals surface area contributed by atoms with Crippen molar-refractivity contribution in [2.45, 2.75) is 24.9 Å². The Morgan fingerprint density at radius 2 is 2.20 bits per heavy atom. The van der Waals surface area contributed by atoms with Crippen molar-refractivity contribution in [2.24, 2.45) is 5.73 Å². The molecule has 1 unspecified atom stereocenters. The summed E-state index contributed by atoms with van der Waals surface area (Å²) in [6.07, 6.45) is 1.82. The first-order valence-corrected chi connectivity index (χ1v) is 3.74. The van der Waals surface area contributed by atoms with Gasteiger partial charge in [0.05, 0.1) is 0 Å². The number of ether oxygens (including phenoxy) is 1. The van der Waals surface area contributed by atoms with Crippen molar-refractivity contribution in [1.82, 2.24) is 0 Å². The maximum atomic E-state index is 13.4. The molecule has 0 aromatic carbocycles. The van der Waals surface area contributed by atoms with Gasteiger partial charge in [0, 0.05) is 26.2 Å². The van der Waals surface area contributed by atoms with Gasteiger partial charge in [-0.1, -0.05) is 0 Å². The van der Waals surface area contributed by atoms with Gasteiger partial charge >= 0.3 is 0 Å². The highest BCUT2D eigenvalue weighted by atomic mass is 19.1. The normalized spacial score (nSPS) is 35.4. The molecular formula is C7H14FNO. The van der Waals surface area contributed by atoms with Gasteiger partial charge < -0.3 is 10.5 Å². The van der Waals surface area contributed by atoms with Crippen LogP contribution in [0.25, 0.3) is 0 Å². The van der Waals surface area contributed by atoms with Crippen molar-refractivity contribution in [3.05, 3.63) is 0 Å². The van der Waals surface area contributed by atoms with E-state index < -0.39 is 5.67 Å². The lowest BCUT2D eigenvalue weighted by molar-refractivity contribution is 0.111. The number of alkyl halides is 1. The van der Waals surface area contributed by atoms with Crippen molar-refractivity contribution < 1.29 is 9.13 Å². The fourth-order valence-electron chi connectivity index (χ4n) is 1.18. The number of hydrogen-bond acceptors (Lipinski definition) is 2. The van der Waals surface area contributed by atoms with Crippen LogP contribution in [0.3, 0.4) is 0 Å². The molecule has 0 saturated carbocycles. The summed E-state index contributed by atoms with van der Waals surface area (Å²) < 4.78 is 18.5. The summed E-state index contributed by atoms with van der Waals surface area (Å²) in [5.74, 6) is 0. The monoisotopic (exact) mass is 147 g/mol. The molecule has 1 atom stereocenters. The van der Waals surface area contributed by atoms with Gasteiger partial charge in [0.15, 0.2) is 0 Å². The minimum atomic E-state index is -1.14. The first kappa shape index (κ1) is 7.95. The van der Waals surface area contributed by atoms with Crippen LogP contribution in [-0.4, -0.2) is 25.4 Å². The Morgan fingerprint density at radius 1 is 1.40 bits per heavy atom. The summed E-state index contributed by atoms with van der Waals surface area (Å²) >= 11 is 0. The second-order valence-electron chi connectivity index (χ2n) is 2.82. The van der Waals surface area contributed by atoms with Crippen LogP contribution in [0, 0.1) is 0 Å². The van der Waals surface area contributed by atoms with Crippen LogP contribution in [0.15, 0.2) is 0 Å². The number of hydrogen-bond donors (Lipinski definition) is 1. The SMILES string of the molecule is NCC1(F)CCCOCC1. The van der Waals surface area contributed by atoms with Crippen molar-refractivity contribution >= 4 is 0 Å². The molecule has 0 amide bonds. The molecule has 1 aliphatic heterocycles. The number of nitrogens with two attached hydrogens (primary N) is 1. The Labute approximate surface area is 60.5 Å². The molecule has 0 spiro atoms. The number of halogens is 1. The molecule has 2 nitrogen and oxygen atoms in total. The van der Waals surface area contributed by atoms with Gasteiger partial charge in [-0.2, -0.15) is 0 Å². The van der Waals surface area contributed by atoms with Gasteiger partial charge in [-0.3, -0.25) is 0 Å². The second-order valence-corrected chi connectivity index (χ2v) is 2.82. The zero-order valence-corrected chi connectivity index (χ0v) is 6.11. The molecule has 0 bridgehead atoms. The first-order chi connectivity index (χ1) is 4.77. The molecule has 10 heavy (non-hydrogen) atoms. The third kappa shape index (κ3) is 1.92. The van der Waals surface area contributed by atoms with E-state index in [-0.39, 0.29) is 6.54 Å². The zero-order valence-electron chi connectivity index (χ0n) is 6.11. The minimum absolute atomic E-state index is 0.135. The molecule has 0 aliphatic carbocycles. The van der Waals surface area contributed by atoms with Crippen LogP contribution >= 0.6 is 0 Å². The molecule has 1 heterocycles. The van der Waals surface area contributed by atoms with Gasteiger partial charge in [0.25, 0.3) is 0 Å². The van der Waals surface area contributed by atoms with Gasteiger partial charge in [0.1, 0.15) is 5.67 Å². The average molecular weight is 147 g/mol. The predicted molar refractivity (Wildman–Crippen MR) is 37.6 cm³/mol. The maximum Gasteiger partial charge on any atom is 0.125 e. The molecule has 0 radical (unpaired) electrons. The summed E-state index contributed by atoms with van der Waals surface area (Å²) in [7, 11) is 0. The lowest BCUT2D eigenvalue weighted by Gasteiger charge is -2.19. The Hall–Kier alpha value is -0.150. The first-order valence-electron chi connectivity index (χ1n) is 3.74. The largest absolute Gasteiger partial charge is 0.381 e. The van der Waals surface area contributed by atoms with Gasteiger partial charge in [-0.05, 0) is 12.8 Å². The van der Waals surface area contributed by atoms with Crippen LogP contribution in [0.5, 0.6) is 0 Å². The van der Waals surface area contributed by atoms with Crippen molar-refractivity contribution in [1.29, 1.82) is 0 Å². The molecule has 1 saturated heterocycles. The molecule has 1 rings (SSSR count). The van der Waals surface area contributed by atoms with E-state index in [1.165, 1.54) is 0 Å². The molecule has 1 fully saturated rings. The summed E-state index contributed by atoms with van der Waals surface area (Å²) in [5, 5.41) is 0. The standard InChI is InChI=1S/C7H14FNO/c8-7(6-9)2-1-4-10-5-3-7/h1-6,9H2. The smallest absolute Gasteiger partial charge is 0.125 e. The van der Waals surface area contributed by atoms with Crippen LogP contribution in [0.2, 0.25) is 0 Å². The lowest BCUT2D eigenvalue weighted by atomic mass is 9.97. The van der Waals surface area contributed by atoms with E-state index in [0.29, 0.717) is 26.1 Å². The Morgan fingerprint density at radius 3 is 2.90 bits per heavy atom. The van der Waals surface area contributed by atoms with E-state index in [1.54, 1.807) is 0 Å². The zero-order chi connectivity index (χ0) is 7.45. The third-order valence-electron chi connectivity index (χ3n) is 1.97. The van der Waals surface area contributed by atoms with E-state index in [2.05, 4.69) is 0 Å². The quantitative estimate of drug-likeness (QED) is 0.597. The fourth-order valence-corrected chi connectivity index (χ4v) is 1.18. The summed E-state index contributed by atoms with van der Waals surface area (Å²) in [6, 6.07) is 0. The predicted octanol–water partition coefficient (Wildman–Crippen LogP) is 0.854. The maximum absolute atomic E-state index is 13.4. The Kier molecular flexibility index (Phi) is 2.63. The van der Waals surface area contributed by atoms with E-state index >= 15 is 0 Å². The number of rotatable bonds is 1. The lowest BCUT2D eigenvalue weighted by Crippen LogP contribution is -2.33. The Bertz CT molecular complexity index is 99.8. The van der Waals surface area contributed by atoms with Gasteiger partial charge in [-0.15, -0.1) is 0 Å². The Balaban J connectivity index is 2.41. The van der Waals surface area contributed by atoms with Crippen LogP contribution in [0.1, 0.15) is 19.3 Å². The highest BCUT2D eigenvalue weighted by Crippen LogP contribution is 2.23. The van der Waals surface area contributed by atoms with Crippen molar-refractivity contribution in [2.75, 3.05) is 19.8 Å². The highest BCUT2D eigenvalue weighted by molar-refractivity contribution is 4.81. The van der Waals surface area contributed by atoms with E-state index in [9.17, 15) is 4.39 Å². The minimum Gasteiger partial charge on any atom is -0.381 e. The van der Waals surface area contributed by atoms with Crippen molar-refractivity contribution in [3.8, 4) is 0 Å². The highest BCUT2D eigenvalue weighted by Gasteiger charge is 2.28. The molecule has 2 N–H and O–H groups in total. The average Bonchev–Trinajstić information content (AvgIpc) is 2.15. The van der Waals surface area contributed by atoms with Gasteiger partial charge in [0.2, 0.25) is 0 Å². The summed E-state index contributed by atoms with van der Waals surface area (Å²) in [5.41, 5.74) is 4.13. The van der Waals surface area contributed by atoms with E-state index in [0.717, 1.165) is 6.42 Å². The van der Waals surface area contributed by atoms with Gasteiger partial charge in [-0.25, -0.2) is 4.39 Å². The fraction of sp³-hybridized carbons (Fsp3) is 1.00.